The fraction of sp³-hybridized carbons (Fsp3) is 0.231. The molecular formula is C26H28N2O5. The molecule has 33 heavy (non-hydrogen) atoms. The molecule has 0 aliphatic carbocycles. The third-order valence-corrected chi connectivity index (χ3v) is 5.04. The fourth-order valence-electron chi connectivity index (χ4n) is 3.16. The Morgan fingerprint density at radius 1 is 0.879 bits per heavy atom. The van der Waals surface area contributed by atoms with Crippen LogP contribution < -0.4 is 24.8 Å². The lowest BCUT2D eigenvalue weighted by Gasteiger charge is -2.17. The van der Waals surface area contributed by atoms with Crippen molar-refractivity contribution in [1.29, 1.82) is 0 Å². The van der Waals surface area contributed by atoms with Gasteiger partial charge in [-0.2, -0.15) is 0 Å². The molecule has 172 valence electrons. The maximum atomic E-state index is 13.0. The van der Waals surface area contributed by atoms with E-state index in [0.717, 1.165) is 11.1 Å². The van der Waals surface area contributed by atoms with Crippen molar-refractivity contribution in [2.24, 2.45) is 0 Å². The zero-order valence-corrected chi connectivity index (χ0v) is 19.2. The van der Waals surface area contributed by atoms with Gasteiger partial charge in [-0.1, -0.05) is 43.3 Å². The van der Waals surface area contributed by atoms with Crippen LogP contribution in [0.4, 0.5) is 11.4 Å². The van der Waals surface area contributed by atoms with E-state index in [-0.39, 0.29) is 11.8 Å². The van der Waals surface area contributed by atoms with Crippen LogP contribution in [0.2, 0.25) is 0 Å². The smallest absolute Gasteiger partial charge is 0.255 e. The van der Waals surface area contributed by atoms with Gasteiger partial charge >= 0.3 is 0 Å². The van der Waals surface area contributed by atoms with Crippen molar-refractivity contribution in [2.45, 2.75) is 26.9 Å². The van der Waals surface area contributed by atoms with Crippen LogP contribution in [0.1, 0.15) is 34.8 Å². The molecule has 0 aliphatic heterocycles. The van der Waals surface area contributed by atoms with Gasteiger partial charge in [0.2, 0.25) is 11.7 Å². The van der Waals surface area contributed by atoms with Gasteiger partial charge in [0.15, 0.2) is 11.5 Å². The minimum Gasteiger partial charge on any atom is -0.493 e. The molecule has 0 saturated heterocycles. The lowest BCUT2D eigenvalue weighted by Crippen LogP contribution is -2.15. The SMILES string of the molecule is CCC(=O)Nc1ccc(C)c(NC(=O)c2cc(OC)c(OCc3ccccc3)c(OC)c2)c1. The average Bonchev–Trinajstić information content (AvgIpc) is 2.84. The summed E-state index contributed by atoms with van der Waals surface area (Å²) in [5, 5.41) is 5.69. The van der Waals surface area contributed by atoms with E-state index < -0.39 is 0 Å². The van der Waals surface area contributed by atoms with Crippen molar-refractivity contribution < 1.29 is 23.8 Å². The second-order valence-electron chi connectivity index (χ2n) is 7.37. The van der Waals surface area contributed by atoms with Crippen LogP contribution in [0.3, 0.4) is 0 Å². The topological polar surface area (TPSA) is 85.9 Å². The summed E-state index contributed by atoms with van der Waals surface area (Å²) in [6.07, 6.45) is 0.369. The van der Waals surface area contributed by atoms with Crippen LogP contribution in [0.5, 0.6) is 17.2 Å². The van der Waals surface area contributed by atoms with Crippen molar-refractivity contribution in [3.8, 4) is 17.2 Å². The van der Waals surface area contributed by atoms with E-state index >= 15 is 0 Å². The van der Waals surface area contributed by atoms with E-state index in [1.807, 2.05) is 43.3 Å². The summed E-state index contributed by atoms with van der Waals surface area (Å²) in [7, 11) is 3.02. The van der Waals surface area contributed by atoms with Gasteiger partial charge in [-0.15, -0.1) is 0 Å². The highest BCUT2D eigenvalue weighted by Crippen LogP contribution is 2.39. The maximum Gasteiger partial charge on any atom is 0.255 e. The van der Waals surface area contributed by atoms with E-state index in [1.165, 1.54) is 14.2 Å². The third kappa shape index (κ3) is 6.04. The lowest BCUT2D eigenvalue weighted by atomic mass is 10.1. The van der Waals surface area contributed by atoms with Crippen molar-refractivity contribution in [2.75, 3.05) is 24.9 Å². The summed E-state index contributed by atoms with van der Waals surface area (Å²) in [4.78, 5) is 24.7. The summed E-state index contributed by atoms with van der Waals surface area (Å²) in [5.41, 5.74) is 3.41. The second kappa shape index (κ2) is 11.0. The first-order valence-corrected chi connectivity index (χ1v) is 10.6. The number of hydrogen-bond acceptors (Lipinski definition) is 5. The van der Waals surface area contributed by atoms with Gasteiger partial charge in [-0.05, 0) is 42.3 Å². The van der Waals surface area contributed by atoms with Crippen LogP contribution in [0.25, 0.3) is 0 Å². The number of anilines is 2. The Labute approximate surface area is 193 Å². The summed E-state index contributed by atoms with van der Waals surface area (Å²) in [5.74, 6) is 0.744. The number of aryl methyl sites for hydroxylation is 1. The average molecular weight is 449 g/mol. The summed E-state index contributed by atoms with van der Waals surface area (Å²) >= 11 is 0. The van der Waals surface area contributed by atoms with E-state index in [9.17, 15) is 9.59 Å². The van der Waals surface area contributed by atoms with Gasteiger partial charge in [0.05, 0.1) is 14.2 Å². The van der Waals surface area contributed by atoms with Crippen LogP contribution >= 0.6 is 0 Å². The maximum absolute atomic E-state index is 13.0. The molecule has 3 aromatic carbocycles. The highest BCUT2D eigenvalue weighted by molar-refractivity contribution is 6.06. The Morgan fingerprint density at radius 3 is 2.15 bits per heavy atom. The number of carbonyl (C=O) groups excluding carboxylic acids is 2. The second-order valence-corrected chi connectivity index (χ2v) is 7.37. The minimum atomic E-state index is -0.344. The van der Waals surface area contributed by atoms with Crippen LogP contribution in [-0.2, 0) is 11.4 Å². The molecular weight excluding hydrogens is 420 g/mol. The molecule has 0 unspecified atom stereocenters. The first kappa shape index (κ1) is 23.7. The van der Waals surface area contributed by atoms with E-state index in [2.05, 4.69) is 10.6 Å². The first-order valence-electron chi connectivity index (χ1n) is 10.6. The molecule has 7 nitrogen and oxygen atoms in total. The summed E-state index contributed by atoms with van der Waals surface area (Å²) in [6, 6.07) is 18.3. The Hall–Kier alpha value is -4.00. The molecule has 0 heterocycles. The van der Waals surface area contributed by atoms with Crippen LogP contribution in [-0.4, -0.2) is 26.0 Å². The van der Waals surface area contributed by atoms with Crippen molar-refractivity contribution in [3.05, 3.63) is 77.4 Å². The number of amides is 2. The summed E-state index contributed by atoms with van der Waals surface area (Å²) in [6.45, 7) is 3.98. The monoisotopic (exact) mass is 448 g/mol. The predicted molar refractivity (Wildman–Crippen MR) is 128 cm³/mol. The van der Waals surface area contributed by atoms with Crippen molar-refractivity contribution in [1.82, 2.24) is 0 Å². The molecule has 3 rings (SSSR count). The van der Waals surface area contributed by atoms with Gasteiger partial charge in [0.25, 0.3) is 5.91 Å². The molecule has 0 saturated carbocycles. The molecule has 0 radical (unpaired) electrons. The number of hydrogen-bond donors (Lipinski definition) is 2. The van der Waals surface area contributed by atoms with E-state index in [0.29, 0.717) is 47.2 Å². The molecule has 2 amide bonds. The lowest BCUT2D eigenvalue weighted by molar-refractivity contribution is -0.115. The van der Waals surface area contributed by atoms with Crippen LogP contribution in [0, 0.1) is 6.92 Å². The number of carbonyl (C=O) groups is 2. The molecule has 0 spiro atoms. The predicted octanol–water partition coefficient (Wildman–Crippen LogP) is 5.19. The number of benzene rings is 3. The highest BCUT2D eigenvalue weighted by atomic mass is 16.5. The normalized spacial score (nSPS) is 10.3. The number of rotatable bonds is 9. The van der Waals surface area contributed by atoms with E-state index in [1.54, 1.807) is 31.2 Å². The molecule has 7 heteroatoms. The molecule has 3 aromatic rings. The molecule has 0 fully saturated rings. The minimum absolute atomic E-state index is 0.100. The standard InChI is InChI=1S/C26H28N2O5/c1-5-24(29)27-20-12-11-17(2)21(15-20)28-26(30)19-13-22(31-3)25(23(14-19)32-4)33-16-18-9-7-6-8-10-18/h6-15H,5,16H2,1-4H3,(H,27,29)(H,28,30). The molecule has 0 aromatic heterocycles. The Kier molecular flexibility index (Phi) is 7.91. The van der Waals surface area contributed by atoms with Crippen molar-refractivity contribution >= 4 is 23.2 Å². The first-order chi connectivity index (χ1) is 15.9. The molecule has 0 atom stereocenters. The largest absolute Gasteiger partial charge is 0.493 e. The number of ether oxygens (including phenoxy) is 3. The molecule has 0 aliphatic rings. The Morgan fingerprint density at radius 2 is 1.55 bits per heavy atom. The zero-order valence-electron chi connectivity index (χ0n) is 19.2. The molecule has 2 N–H and O–H groups in total. The number of nitrogens with one attached hydrogen (secondary N) is 2. The van der Waals surface area contributed by atoms with Gasteiger partial charge in [-0.25, -0.2) is 0 Å². The van der Waals surface area contributed by atoms with Gasteiger partial charge in [-0.3, -0.25) is 9.59 Å². The Balaban J connectivity index is 1.83. The quantitative estimate of drug-likeness (QED) is 0.470. The third-order valence-electron chi connectivity index (χ3n) is 5.04. The van der Waals surface area contributed by atoms with Crippen LogP contribution in [0.15, 0.2) is 60.7 Å². The fourth-order valence-corrected chi connectivity index (χ4v) is 3.16. The van der Waals surface area contributed by atoms with Gasteiger partial charge in [0.1, 0.15) is 6.61 Å². The van der Waals surface area contributed by atoms with Gasteiger partial charge in [0, 0.05) is 23.4 Å². The van der Waals surface area contributed by atoms with Gasteiger partial charge < -0.3 is 24.8 Å². The highest BCUT2D eigenvalue weighted by Gasteiger charge is 2.19. The Bertz CT molecular complexity index is 1100. The molecule has 0 bridgehead atoms. The summed E-state index contributed by atoms with van der Waals surface area (Å²) < 4.78 is 16.9. The zero-order chi connectivity index (χ0) is 23.8. The number of methoxy groups -OCH3 is 2. The van der Waals surface area contributed by atoms with Crippen molar-refractivity contribution in [3.63, 3.8) is 0 Å². The van der Waals surface area contributed by atoms with E-state index in [4.69, 9.17) is 14.2 Å².